The number of sulfonamides is 1. The lowest BCUT2D eigenvalue weighted by atomic mass is 10.1. The summed E-state index contributed by atoms with van der Waals surface area (Å²) in [6, 6.07) is 1.91. The molecule has 106 valence electrons. The Morgan fingerprint density at radius 2 is 2.00 bits per heavy atom. The molecule has 2 aliphatic rings. The summed E-state index contributed by atoms with van der Waals surface area (Å²) < 4.78 is 26.5. The Balaban J connectivity index is 1.74. The molecule has 0 saturated carbocycles. The highest BCUT2D eigenvalue weighted by atomic mass is 32.2. The molecular weight excluding hydrogens is 264 g/mol. The molecule has 0 radical (unpaired) electrons. The first-order valence-corrected chi connectivity index (χ1v) is 8.35. The molecule has 1 N–H and O–H groups in total. The van der Waals surface area contributed by atoms with Crippen LogP contribution in [0.3, 0.4) is 0 Å². The zero-order chi connectivity index (χ0) is 13.3. The lowest BCUT2D eigenvalue weighted by Gasteiger charge is -2.36. The average molecular weight is 284 g/mol. The van der Waals surface area contributed by atoms with Gasteiger partial charge in [0.25, 0.3) is 10.0 Å². The summed E-state index contributed by atoms with van der Waals surface area (Å²) in [4.78, 5) is 2.44. The largest absolute Gasteiger partial charge is 0.299 e. The van der Waals surface area contributed by atoms with Gasteiger partial charge in [0.1, 0.15) is 0 Å². The van der Waals surface area contributed by atoms with Crippen LogP contribution in [0.2, 0.25) is 0 Å². The van der Waals surface area contributed by atoms with Crippen LogP contribution in [-0.2, 0) is 10.0 Å². The molecule has 3 heterocycles. The predicted octanol–water partition coefficient (Wildman–Crippen LogP) is 0.659. The normalized spacial score (nSPS) is 26.8. The maximum Gasteiger partial charge on any atom is 0.260 e. The van der Waals surface area contributed by atoms with Crippen molar-refractivity contribution in [1.29, 1.82) is 0 Å². The molecule has 2 fully saturated rings. The van der Waals surface area contributed by atoms with Crippen molar-refractivity contribution in [3.05, 3.63) is 12.3 Å². The van der Waals surface area contributed by atoms with Crippen LogP contribution < -0.4 is 0 Å². The SMILES string of the molecule is O=S(=O)(c1ccn[nH]1)N1CCCC(N2CCCC2)C1. The molecule has 2 saturated heterocycles. The van der Waals surface area contributed by atoms with E-state index in [0.717, 1.165) is 25.9 Å². The van der Waals surface area contributed by atoms with E-state index in [1.165, 1.54) is 25.1 Å². The average Bonchev–Trinajstić information content (AvgIpc) is 3.12. The fourth-order valence-electron chi connectivity index (χ4n) is 3.07. The van der Waals surface area contributed by atoms with Gasteiger partial charge in [-0.05, 0) is 44.8 Å². The molecule has 0 aromatic carbocycles. The maximum atomic E-state index is 12.4. The number of nitrogens with one attached hydrogen (secondary N) is 1. The summed E-state index contributed by atoms with van der Waals surface area (Å²) in [7, 11) is -3.39. The van der Waals surface area contributed by atoms with E-state index in [2.05, 4.69) is 15.1 Å². The van der Waals surface area contributed by atoms with Crippen molar-refractivity contribution in [2.45, 2.75) is 36.8 Å². The first-order valence-electron chi connectivity index (χ1n) is 6.91. The first kappa shape index (κ1) is 13.1. The Kier molecular flexibility index (Phi) is 3.60. The van der Waals surface area contributed by atoms with Crippen LogP contribution in [0, 0.1) is 0 Å². The number of piperidine rings is 1. The molecule has 1 unspecified atom stereocenters. The van der Waals surface area contributed by atoms with Crippen molar-refractivity contribution < 1.29 is 8.42 Å². The molecule has 1 aromatic heterocycles. The van der Waals surface area contributed by atoms with E-state index in [9.17, 15) is 8.42 Å². The third kappa shape index (κ3) is 2.54. The van der Waals surface area contributed by atoms with Crippen LogP contribution in [0.15, 0.2) is 17.3 Å². The van der Waals surface area contributed by atoms with Gasteiger partial charge in [0.2, 0.25) is 0 Å². The van der Waals surface area contributed by atoms with Crippen molar-refractivity contribution in [3.8, 4) is 0 Å². The number of hydrogen-bond acceptors (Lipinski definition) is 4. The van der Waals surface area contributed by atoms with Crippen LogP contribution in [0.25, 0.3) is 0 Å². The Labute approximate surface area is 113 Å². The number of aromatic amines is 1. The molecule has 7 heteroatoms. The third-order valence-electron chi connectivity index (χ3n) is 4.11. The first-order chi connectivity index (χ1) is 9.18. The molecule has 0 spiro atoms. The highest BCUT2D eigenvalue weighted by molar-refractivity contribution is 7.89. The van der Waals surface area contributed by atoms with Gasteiger partial charge in [0.05, 0.1) is 6.20 Å². The minimum atomic E-state index is -3.39. The van der Waals surface area contributed by atoms with Gasteiger partial charge < -0.3 is 0 Å². The molecule has 2 aliphatic heterocycles. The van der Waals surface area contributed by atoms with E-state index in [4.69, 9.17) is 0 Å². The second kappa shape index (κ2) is 5.22. The van der Waals surface area contributed by atoms with Crippen LogP contribution in [0.1, 0.15) is 25.7 Å². The summed E-state index contributed by atoms with van der Waals surface area (Å²) >= 11 is 0. The topological polar surface area (TPSA) is 69.3 Å². The number of aromatic nitrogens is 2. The number of hydrogen-bond donors (Lipinski definition) is 1. The fourth-order valence-corrected chi connectivity index (χ4v) is 4.49. The maximum absolute atomic E-state index is 12.4. The van der Waals surface area contributed by atoms with Gasteiger partial charge >= 0.3 is 0 Å². The Hall–Kier alpha value is -0.920. The van der Waals surface area contributed by atoms with E-state index in [1.54, 1.807) is 4.31 Å². The molecule has 6 nitrogen and oxygen atoms in total. The van der Waals surface area contributed by atoms with Gasteiger partial charge in [-0.1, -0.05) is 0 Å². The molecule has 0 amide bonds. The van der Waals surface area contributed by atoms with Crippen LogP contribution in [0.4, 0.5) is 0 Å². The monoisotopic (exact) mass is 284 g/mol. The summed E-state index contributed by atoms with van der Waals surface area (Å²) in [6.45, 7) is 3.46. The summed E-state index contributed by atoms with van der Waals surface area (Å²) in [5.74, 6) is 0. The second-order valence-electron chi connectivity index (χ2n) is 5.32. The van der Waals surface area contributed by atoms with Crippen molar-refractivity contribution in [3.63, 3.8) is 0 Å². The minimum Gasteiger partial charge on any atom is -0.299 e. The van der Waals surface area contributed by atoms with E-state index < -0.39 is 10.0 Å². The van der Waals surface area contributed by atoms with E-state index in [0.29, 0.717) is 19.1 Å². The predicted molar refractivity (Wildman–Crippen MR) is 71.2 cm³/mol. The fraction of sp³-hybridized carbons (Fsp3) is 0.750. The lowest BCUT2D eigenvalue weighted by molar-refractivity contribution is 0.162. The second-order valence-corrected chi connectivity index (χ2v) is 7.23. The van der Waals surface area contributed by atoms with E-state index in [1.807, 2.05) is 0 Å². The van der Waals surface area contributed by atoms with Gasteiger partial charge in [0.15, 0.2) is 5.03 Å². The van der Waals surface area contributed by atoms with Gasteiger partial charge in [-0.2, -0.15) is 9.40 Å². The molecule has 0 aliphatic carbocycles. The minimum absolute atomic E-state index is 0.203. The molecule has 3 rings (SSSR count). The molecule has 1 aromatic rings. The smallest absolute Gasteiger partial charge is 0.260 e. The standard InChI is InChI=1S/C12H20N4O2S/c17-19(18,12-5-6-13-14-12)16-9-3-4-11(10-16)15-7-1-2-8-15/h5-6,11H,1-4,7-10H2,(H,13,14). The highest BCUT2D eigenvalue weighted by Crippen LogP contribution is 2.24. The quantitative estimate of drug-likeness (QED) is 0.885. The Morgan fingerprint density at radius 1 is 1.21 bits per heavy atom. The Bertz CT molecular complexity index is 508. The van der Waals surface area contributed by atoms with E-state index in [-0.39, 0.29) is 5.03 Å². The van der Waals surface area contributed by atoms with Crippen molar-refractivity contribution in [2.75, 3.05) is 26.2 Å². The van der Waals surface area contributed by atoms with E-state index >= 15 is 0 Å². The summed E-state index contributed by atoms with van der Waals surface area (Å²) in [5.41, 5.74) is 0. The summed E-state index contributed by atoms with van der Waals surface area (Å²) in [5, 5.41) is 6.51. The zero-order valence-corrected chi connectivity index (χ0v) is 11.8. The van der Waals surface area contributed by atoms with Crippen molar-refractivity contribution in [2.24, 2.45) is 0 Å². The lowest BCUT2D eigenvalue weighted by Crippen LogP contribution is -2.48. The number of rotatable bonds is 3. The Morgan fingerprint density at radius 3 is 2.68 bits per heavy atom. The van der Waals surface area contributed by atoms with Crippen molar-refractivity contribution >= 4 is 10.0 Å². The molecular formula is C12H20N4O2S. The number of H-pyrrole nitrogens is 1. The summed E-state index contributed by atoms with van der Waals surface area (Å²) in [6.07, 6.45) is 6.01. The van der Waals surface area contributed by atoms with Crippen LogP contribution in [0.5, 0.6) is 0 Å². The van der Waals surface area contributed by atoms with Crippen molar-refractivity contribution in [1.82, 2.24) is 19.4 Å². The molecule has 0 bridgehead atoms. The van der Waals surface area contributed by atoms with Crippen LogP contribution >= 0.6 is 0 Å². The third-order valence-corrected chi connectivity index (χ3v) is 5.90. The molecule has 19 heavy (non-hydrogen) atoms. The van der Waals surface area contributed by atoms with Gasteiger partial charge in [-0.15, -0.1) is 0 Å². The molecule has 1 atom stereocenters. The number of likely N-dealkylation sites (tertiary alicyclic amines) is 1. The van der Waals surface area contributed by atoms with Gasteiger partial charge in [-0.25, -0.2) is 8.42 Å². The van der Waals surface area contributed by atoms with Crippen LogP contribution in [-0.4, -0.2) is 60.0 Å². The van der Waals surface area contributed by atoms with Gasteiger partial charge in [-0.3, -0.25) is 10.00 Å². The zero-order valence-electron chi connectivity index (χ0n) is 11.0. The highest BCUT2D eigenvalue weighted by Gasteiger charge is 2.34. The van der Waals surface area contributed by atoms with Gasteiger partial charge in [0, 0.05) is 19.1 Å². The number of nitrogens with zero attached hydrogens (tertiary/aromatic N) is 3.